The van der Waals surface area contributed by atoms with E-state index in [9.17, 15) is 10.2 Å². The van der Waals surface area contributed by atoms with Crippen molar-refractivity contribution in [1.82, 2.24) is 4.98 Å². The van der Waals surface area contributed by atoms with Gasteiger partial charge in [0.25, 0.3) is 0 Å². The molecular weight excluding hydrogens is 245 g/mol. The highest BCUT2D eigenvalue weighted by Gasteiger charge is 2.22. The van der Waals surface area contributed by atoms with Crippen LogP contribution in [-0.4, -0.2) is 27.1 Å². The molecule has 0 amide bonds. The number of aliphatic hydroxyl groups is 2. The van der Waals surface area contributed by atoms with E-state index in [4.69, 9.17) is 23.2 Å². The number of rotatable bonds is 3. The van der Waals surface area contributed by atoms with Crippen molar-refractivity contribution in [2.75, 3.05) is 5.75 Å². The van der Waals surface area contributed by atoms with Gasteiger partial charge in [0.1, 0.15) is 6.10 Å². The first-order valence-corrected chi connectivity index (χ1v) is 5.22. The van der Waals surface area contributed by atoms with Crippen LogP contribution < -0.4 is 0 Å². The minimum atomic E-state index is -1.14. The second-order valence-corrected chi connectivity index (χ2v) is 3.89. The fourth-order valence-electron chi connectivity index (χ4n) is 0.996. The molecule has 0 saturated heterocycles. The van der Waals surface area contributed by atoms with Gasteiger partial charge in [0.15, 0.2) is 0 Å². The van der Waals surface area contributed by atoms with Crippen LogP contribution in [-0.2, 0) is 0 Å². The lowest BCUT2D eigenvalue weighted by Gasteiger charge is -2.18. The van der Waals surface area contributed by atoms with E-state index in [2.05, 4.69) is 17.6 Å². The SMILES string of the molecule is OC(CS)C(O)c1c(Cl)cncc1Cl. The Morgan fingerprint density at radius 1 is 1.29 bits per heavy atom. The molecule has 0 bridgehead atoms. The minimum absolute atomic E-state index is 0.121. The Bertz CT molecular complexity index is 304. The van der Waals surface area contributed by atoms with Crippen LogP contribution in [0.25, 0.3) is 0 Å². The van der Waals surface area contributed by atoms with Gasteiger partial charge in [0.2, 0.25) is 0 Å². The summed E-state index contributed by atoms with van der Waals surface area (Å²) in [6.45, 7) is 0. The molecule has 0 radical (unpaired) electrons. The quantitative estimate of drug-likeness (QED) is 0.720. The van der Waals surface area contributed by atoms with Gasteiger partial charge in [-0.3, -0.25) is 4.98 Å². The summed E-state index contributed by atoms with van der Waals surface area (Å²) in [5.74, 6) is 0.121. The first kappa shape index (κ1) is 12.1. The molecular formula is C8H9Cl2NO2S. The molecule has 1 aromatic heterocycles. The molecule has 0 aliphatic rings. The van der Waals surface area contributed by atoms with Gasteiger partial charge in [0.05, 0.1) is 16.1 Å². The lowest BCUT2D eigenvalue weighted by Crippen LogP contribution is -2.20. The van der Waals surface area contributed by atoms with Gasteiger partial charge >= 0.3 is 0 Å². The number of pyridine rings is 1. The van der Waals surface area contributed by atoms with Crippen molar-refractivity contribution in [3.8, 4) is 0 Å². The van der Waals surface area contributed by atoms with E-state index in [0.717, 1.165) is 0 Å². The number of aromatic nitrogens is 1. The third-order valence-corrected chi connectivity index (χ3v) is 2.71. The molecule has 78 valence electrons. The third kappa shape index (κ3) is 2.52. The van der Waals surface area contributed by atoms with E-state index in [-0.39, 0.29) is 21.4 Å². The van der Waals surface area contributed by atoms with Crippen molar-refractivity contribution in [2.45, 2.75) is 12.2 Å². The number of halogens is 2. The van der Waals surface area contributed by atoms with Crippen LogP contribution in [0.15, 0.2) is 12.4 Å². The molecule has 2 atom stereocenters. The highest BCUT2D eigenvalue weighted by Crippen LogP contribution is 2.31. The Hall–Kier alpha value is -0.0000000000000000555. The monoisotopic (exact) mass is 253 g/mol. The van der Waals surface area contributed by atoms with Crippen LogP contribution in [0.2, 0.25) is 10.0 Å². The van der Waals surface area contributed by atoms with E-state index in [0.29, 0.717) is 0 Å². The lowest BCUT2D eigenvalue weighted by atomic mass is 10.1. The number of nitrogens with zero attached hydrogens (tertiary/aromatic N) is 1. The van der Waals surface area contributed by atoms with Crippen molar-refractivity contribution in [3.05, 3.63) is 28.0 Å². The Kier molecular flexibility index (Phi) is 4.47. The Balaban J connectivity index is 3.05. The Morgan fingerprint density at radius 3 is 2.21 bits per heavy atom. The van der Waals surface area contributed by atoms with E-state index in [1.165, 1.54) is 12.4 Å². The summed E-state index contributed by atoms with van der Waals surface area (Å²) in [4.78, 5) is 3.74. The van der Waals surface area contributed by atoms with Gasteiger partial charge in [-0.1, -0.05) is 23.2 Å². The van der Waals surface area contributed by atoms with E-state index in [1.807, 2.05) is 0 Å². The van der Waals surface area contributed by atoms with Crippen molar-refractivity contribution >= 4 is 35.8 Å². The fourth-order valence-corrected chi connectivity index (χ4v) is 1.78. The van der Waals surface area contributed by atoms with Crippen molar-refractivity contribution in [1.29, 1.82) is 0 Å². The minimum Gasteiger partial charge on any atom is -0.389 e. The zero-order valence-corrected chi connectivity index (χ0v) is 9.47. The average Bonchev–Trinajstić information content (AvgIpc) is 2.16. The third-order valence-electron chi connectivity index (χ3n) is 1.74. The molecule has 6 heteroatoms. The predicted molar refractivity (Wildman–Crippen MR) is 59.1 cm³/mol. The first-order chi connectivity index (χ1) is 6.57. The molecule has 0 aliphatic carbocycles. The maximum absolute atomic E-state index is 9.66. The maximum Gasteiger partial charge on any atom is 0.109 e. The van der Waals surface area contributed by atoms with Crippen LogP contribution in [0.3, 0.4) is 0 Å². The first-order valence-electron chi connectivity index (χ1n) is 3.83. The zero-order chi connectivity index (χ0) is 10.7. The molecule has 0 aliphatic heterocycles. The largest absolute Gasteiger partial charge is 0.389 e. The molecule has 1 rings (SSSR count). The molecule has 14 heavy (non-hydrogen) atoms. The molecule has 0 saturated carbocycles. The second-order valence-electron chi connectivity index (χ2n) is 2.71. The topological polar surface area (TPSA) is 53.4 Å². The van der Waals surface area contributed by atoms with E-state index < -0.39 is 12.2 Å². The van der Waals surface area contributed by atoms with Gasteiger partial charge in [-0.25, -0.2) is 0 Å². The Labute approximate surface area is 97.1 Å². The van der Waals surface area contributed by atoms with Gasteiger partial charge in [0, 0.05) is 23.7 Å². The molecule has 0 aromatic carbocycles. The van der Waals surface area contributed by atoms with Crippen LogP contribution in [0.5, 0.6) is 0 Å². The summed E-state index contributed by atoms with van der Waals surface area (Å²) in [5, 5.41) is 19.5. The van der Waals surface area contributed by atoms with Crippen molar-refractivity contribution < 1.29 is 10.2 Å². The van der Waals surface area contributed by atoms with E-state index >= 15 is 0 Å². The van der Waals surface area contributed by atoms with Gasteiger partial charge in [-0.2, -0.15) is 12.6 Å². The van der Waals surface area contributed by atoms with E-state index in [1.54, 1.807) is 0 Å². The number of aliphatic hydroxyl groups excluding tert-OH is 2. The lowest BCUT2D eigenvalue weighted by molar-refractivity contribution is 0.0338. The normalized spacial score (nSPS) is 15.2. The molecule has 0 fully saturated rings. The summed E-state index contributed by atoms with van der Waals surface area (Å²) in [7, 11) is 0. The number of hydrogen-bond donors (Lipinski definition) is 3. The Morgan fingerprint density at radius 2 is 1.79 bits per heavy atom. The van der Waals surface area contributed by atoms with Gasteiger partial charge in [-0.15, -0.1) is 0 Å². The molecule has 0 spiro atoms. The molecule has 2 unspecified atom stereocenters. The van der Waals surface area contributed by atoms with Crippen molar-refractivity contribution in [2.24, 2.45) is 0 Å². The standard InChI is InChI=1S/C8H9Cl2NO2S/c9-4-1-11-2-5(10)7(4)8(13)6(12)3-14/h1-2,6,8,12-14H,3H2. The summed E-state index contributed by atoms with van der Waals surface area (Å²) >= 11 is 15.4. The van der Waals surface area contributed by atoms with Crippen LogP contribution >= 0.6 is 35.8 Å². The second kappa shape index (κ2) is 5.19. The van der Waals surface area contributed by atoms with Crippen LogP contribution in [0, 0.1) is 0 Å². The van der Waals surface area contributed by atoms with Gasteiger partial charge in [-0.05, 0) is 0 Å². The molecule has 1 heterocycles. The summed E-state index contributed by atoms with van der Waals surface area (Å²) < 4.78 is 0. The average molecular weight is 254 g/mol. The maximum atomic E-state index is 9.66. The molecule has 1 aromatic rings. The predicted octanol–water partition coefficient (Wildman–Crippen LogP) is 1.71. The van der Waals surface area contributed by atoms with Crippen LogP contribution in [0.1, 0.15) is 11.7 Å². The zero-order valence-electron chi connectivity index (χ0n) is 7.06. The van der Waals surface area contributed by atoms with Crippen molar-refractivity contribution in [3.63, 3.8) is 0 Å². The number of thiol groups is 1. The van der Waals surface area contributed by atoms with Gasteiger partial charge < -0.3 is 10.2 Å². The smallest absolute Gasteiger partial charge is 0.109 e. The fraction of sp³-hybridized carbons (Fsp3) is 0.375. The highest BCUT2D eigenvalue weighted by atomic mass is 35.5. The summed E-state index contributed by atoms with van der Waals surface area (Å²) in [6, 6.07) is 0. The summed E-state index contributed by atoms with van der Waals surface area (Å²) in [5.41, 5.74) is 0.282. The highest BCUT2D eigenvalue weighted by molar-refractivity contribution is 7.80. The number of hydrogen-bond acceptors (Lipinski definition) is 4. The molecule has 2 N–H and O–H groups in total. The molecule has 3 nitrogen and oxygen atoms in total. The van der Waals surface area contributed by atoms with Crippen LogP contribution in [0.4, 0.5) is 0 Å². The summed E-state index contributed by atoms with van der Waals surface area (Å²) in [6.07, 6.45) is 0.570.